The lowest BCUT2D eigenvalue weighted by Gasteiger charge is -2.10. The minimum atomic E-state index is -0.395. The van der Waals surface area contributed by atoms with Crippen LogP contribution in [0, 0.1) is 0 Å². The molecule has 0 fully saturated rings. The number of benzene rings is 2. The number of nitrogens with one attached hydrogen (secondary N) is 1. The van der Waals surface area contributed by atoms with Crippen LogP contribution in [0.1, 0.15) is 10.4 Å². The summed E-state index contributed by atoms with van der Waals surface area (Å²) in [5, 5.41) is 12.6. The first kappa shape index (κ1) is 15.0. The monoisotopic (exact) mass is 306 g/mol. The summed E-state index contributed by atoms with van der Waals surface area (Å²) in [5.74, 6) is 0.0168. The van der Waals surface area contributed by atoms with E-state index in [1.54, 1.807) is 12.1 Å². The van der Waals surface area contributed by atoms with Gasteiger partial charge in [0.15, 0.2) is 0 Å². The van der Waals surface area contributed by atoms with Crippen molar-refractivity contribution >= 4 is 23.2 Å². The fourth-order valence-corrected chi connectivity index (χ4v) is 1.90. The van der Waals surface area contributed by atoms with E-state index in [0.29, 0.717) is 16.5 Å². The van der Waals surface area contributed by atoms with Crippen LogP contribution in [0.3, 0.4) is 0 Å². The largest absolute Gasteiger partial charge is 0.507 e. The van der Waals surface area contributed by atoms with E-state index in [4.69, 9.17) is 22.1 Å². The van der Waals surface area contributed by atoms with Crippen molar-refractivity contribution in [3.63, 3.8) is 0 Å². The van der Waals surface area contributed by atoms with Crippen LogP contribution in [0.5, 0.6) is 11.5 Å². The van der Waals surface area contributed by atoms with Crippen molar-refractivity contribution in [3.05, 3.63) is 53.1 Å². The maximum absolute atomic E-state index is 11.9. The third kappa shape index (κ3) is 4.03. The molecule has 4 N–H and O–H groups in total. The van der Waals surface area contributed by atoms with E-state index in [2.05, 4.69) is 5.32 Å². The second-order valence-corrected chi connectivity index (χ2v) is 4.74. The predicted octanol–water partition coefficient (Wildman–Crippen LogP) is 2.44. The number of rotatable bonds is 5. The lowest BCUT2D eigenvalue weighted by atomic mass is 10.2. The molecule has 0 radical (unpaired) electrons. The number of hydrogen-bond donors (Lipinski definition) is 3. The van der Waals surface area contributed by atoms with Crippen LogP contribution in [-0.4, -0.2) is 24.2 Å². The summed E-state index contributed by atoms with van der Waals surface area (Å²) in [6, 6.07) is 11.4. The molecule has 0 spiro atoms. The molecule has 6 heteroatoms. The molecule has 0 aromatic heterocycles. The molecule has 0 unspecified atom stereocenters. The van der Waals surface area contributed by atoms with E-state index < -0.39 is 5.91 Å². The average molecular weight is 307 g/mol. The van der Waals surface area contributed by atoms with E-state index in [-0.39, 0.29) is 24.5 Å². The van der Waals surface area contributed by atoms with Crippen molar-refractivity contribution in [1.82, 2.24) is 5.32 Å². The second kappa shape index (κ2) is 6.85. The number of aromatic hydroxyl groups is 1. The van der Waals surface area contributed by atoms with E-state index >= 15 is 0 Å². The molecule has 2 aromatic carbocycles. The topological polar surface area (TPSA) is 84.6 Å². The molecule has 0 aliphatic rings. The maximum atomic E-state index is 11.9. The number of hydrogen-bond acceptors (Lipinski definition) is 4. The number of carbonyl (C=O) groups is 1. The highest BCUT2D eigenvalue weighted by Gasteiger charge is 2.10. The van der Waals surface area contributed by atoms with E-state index in [9.17, 15) is 9.90 Å². The number of ether oxygens (including phenoxy) is 1. The Morgan fingerprint density at radius 2 is 2.05 bits per heavy atom. The van der Waals surface area contributed by atoms with Crippen molar-refractivity contribution < 1.29 is 14.6 Å². The third-order valence-electron chi connectivity index (χ3n) is 2.77. The molecular weight excluding hydrogens is 292 g/mol. The Morgan fingerprint density at radius 1 is 1.29 bits per heavy atom. The van der Waals surface area contributed by atoms with Gasteiger partial charge < -0.3 is 20.9 Å². The highest BCUT2D eigenvalue weighted by molar-refractivity contribution is 6.30. The molecule has 21 heavy (non-hydrogen) atoms. The molecule has 0 atom stereocenters. The fourth-order valence-electron chi connectivity index (χ4n) is 1.73. The predicted molar refractivity (Wildman–Crippen MR) is 81.8 cm³/mol. The molecule has 1 amide bonds. The zero-order chi connectivity index (χ0) is 15.2. The number of phenols is 1. The number of carbonyl (C=O) groups excluding carboxylic acids is 1. The molecule has 2 rings (SSSR count). The minimum absolute atomic E-state index is 0.159. The Bertz CT molecular complexity index is 647. The zero-order valence-electron chi connectivity index (χ0n) is 11.2. The summed E-state index contributed by atoms with van der Waals surface area (Å²) < 4.78 is 5.45. The van der Waals surface area contributed by atoms with Gasteiger partial charge in [-0.05, 0) is 30.3 Å². The van der Waals surface area contributed by atoms with Crippen molar-refractivity contribution in [1.29, 1.82) is 0 Å². The molecular formula is C15H15ClN2O3. The van der Waals surface area contributed by atoms with Gasteiger partial charge in [0.1, 0.15) is 18.1 Å². The third-order valence-corrected chi connectivity index (χ3v) is 3.00. The number of nitrogen functional groups attached to an aromatic ring is 1. The van der Waals surface area contributed by atoms with Crippen LogP contribution >= 0.6 is 11.6 Å². The Morgan fingerprint density at radius 3 is 2.76 bits per heavy atom. The molecule has 0 saturated carbocycles. The Labute approximate surface area is 127 Å². The molecule has 0 aliphatic heterocycles. The molecule has 2 aromatic rings. The van der Waals surface area contributed by atoms with Crippen molar-refractivity contribution in [2.45, 2.75) is 0 Å². The molecule has 0 saturated heterocycles. The summed E-state index contributed by atoms with van der Waals surface area (Å²) in [6.45, 7) is 0.559. The van der Waals surface area contributed by atoms with Gasteiger partial charge in [0.05, 0.1) is 17.8 Å². The number of phenolic OH excluding ortho intramolecular Hbond substituents is 1. The number of para-hydroxylation sites is 2. The maximum Gasteiger partial charge on any atom is 0.255 e. The Kier molecular flexibility index (Phi) is 4.90. The van der Waals surface area contributed by atoms with Crippen LogP contribution in [0.15, 0.2) is 42.5 Å². The summed E-state index contributed by atoms with van der Waals surface area (Å²) in [5.41, 5.74) is 6.44. The van der Waals surface area contributed by atoms with Crippen LogP contribution < -0.4 is 15.8 Å². The van der Waals surface area contributed by atoms with Crippen LogP contribution in [-0.2, 0) is 0 Å². The van der Waals surface area contributed by atoms with Gasteiger partial charge >= 0.3 is 0 Å². The first-order valence-corrected chi connectivity index (χ1v) is 6.70. The van der Waals surface area contributed by atoms with Gasteiger partial charge in [-0.15, -0.1) is 0 Å². The highest BCUT2D eigenvalue weighted by atomic mass is 35.5. The molecule has 0 heterocycles. The second-order valence-electron chi connectivity index (χ2n) is 4.30. The molecule has 5 nitrogen and oxygen atoms in total. The lowest BCUT2D eigenvalue weighted by Crippen LogP contribution is -2.28. The number of halogens is 1. The van der Waals surface area contributed by atoms with Gasteiger partial charge in [0.25, 0.3) is 5.91 Å². The van der Waals surface area contributed by atoms with E-state index in [0.717, 1.165) is 0 Å². The van der Waals surface area contributed by atoms with E-state index in [1.165, 1.54) is 18.2 Å². The standard InChI is InChI=1S/C15H15ClN2O3/c16-10-5-6-11(13(19)9-10)15(20)18-7-8-21-14-4-2-1-3-12(14)17/h1-6,9,19H,7-8,17H2,(H,18,20). The van der Waals surface area contributed by atoms with Crippen molar-refractivity contribution in [2.75, 3.05) is 18.9 Å². The SMILES string of the molecule is Nc1ccccc1OCCNC(=O)c1ccc(Cl)cc1O. The molecule has 0 bridgehead atoms. The summed E-state index contributed by atoms with van der Waals surface area (Å²) in [7, 11) is 0. The highest BCUT2D eigenvalue weighted by Crippen LogP contribution is 2.22. The number of anilines is 1. The van der Waals surface area contributed by atoms with Gasteiger partial charge in [-0.1, -0.05) is 23.7 Å². The van der Waals surface area contributed by atoms with Gasteiger partial charge in [-0.2, -0.15) is 0 Å². The minimum Gasteiger partial charge on any atom is -0.507 e. The first-order valence-electron chi connectivity index (χ1n) is 6.32. The summed E-state index contributed by atoms with van der Waals surface area (Å²) in [4.78, 5) is 11.9. The van der Waals surface area contributed by atoms with E-state index in [1.807, 2.05) is 12.1 Å². The van der Waals surface area contributed by atoms with Gasteiger partial charge in [-0.3, -0.25) is 4.79 Å². The zero-order valence-corrected chi connectivity index (χ0v) is 11.9. The average Bonchev–Trinajstić information content (AvgIpc) is 2.45. The van der Waals surface area contributed by atoms with Crippen LogP contribution in [0.4, 0.5) is 5.69 Å². The van der Waals surface area contributed by atoms with Gasteiger partial charge in [-0.25, -0.2) is 0 Å². The first-order chi connectivity index (χ1) is 10.1. The van der Waals surface area contributed by atoms with Crippen LogP contribution in [0.2, 0.25) is 5.02 Å². The Hall–Kier alpha value is -2.40. The van der Waals surface area contributed by atoms with Crippen molar-refractivity contribution in [2.24, 2.45) is 0 Å². The number of amides is 1. The summed E-state index contributed by atoms with van der Waals surface area (Å²) >= 11 is 5.71. The normalized spacial score (nSPS) is 10.1. The number of nitrogens with two attached hydrogens (primary N) is 1. The smallest absolute Gasteiger partial charge is 0.255 e. The fraction of sp³-hybridized carbons (Fsp3) is 0.133. The lowest BCUT2D eigenvalue weighted by molar-refractivity contribution is 0.0944. The van der Waals surface area contributed by atoms with Gasteiger partial charge in [0, 0.05) is 5.02 Å². The molecule has 0 aliphatic carbocycles. The van der Waals surface area contributed by atoms with Crippen LogP contribution in [0.25, 0.3) is 0 Å². The quantitative estimate of drug-likeness (QED) is 0.585. The molecule has 110 valence electrons. The van der Waals surface area contributed by atoms with Gasteiger partial charge in [0.2, 0.25) is 0 Å². The Balaban J connectivity index is 1.83. The van der Waals surface area contributed by atoms with Crippen molar-refractivity contribution in [3.8, 4) is 11.5 Å². The summed E-state index contributed by atoms with van der Waals surface area (Å²) in [6.07, 6.45) is 0.